The first kappa shape index (κ1) is 23.2. The van der Waals surface area contributed by atoms with E-state index < -0.39 is 42.5 Å². The van der Waals surface area contributed by atoms with Crippen LogP contribution >= 0.6 is 0 Å². The number of carbonyl (C=O) groups excluding carboxylic acids is 3. The quantitative estimate of drug-likeness (QED) is 0.422. The van der Waals surface area contributed by atoms with E-state index in [0.29, 0.717) is 5.56 Å². The lowest BCUT2D eigenvalue weighted by Gasteiger charge is -2.23. The van der Waals surface area contributed by atoms with Crippen molar-refractivity contribution in [2.45, 2.75) is 24.6 Å². The minimum atomic E-state index is -1.60. The molecule has 4 rings (SSSR count). The third kappa shape index (κ3) is 5.48. The van der Waals surface area contributed by atoms with Crippen LogP contribution in [-0.2, 0) is 18.9 Å². The smallest absolute Gasteiger partial charge is 0.338 e. The zero-order valence-corrected chi connectivity index (χ0v) is 18.0. The highest BCUT2D eigenvalue weighted by molar-refractivity contribution is 5.90. The Morgan fingerprint density at radius 3 is 1.53 bits per heavy atom. The lowest BCUT2D eigenvalue weighted by atomic mass is 10.1. The van der Waals surface area contributed by atoms with E-state index in [2.05, 4.69) is 0 Å². The van der Waals surface area contributed by atoms with Crippen molar-refractivity contribution >= 4 is 17.9 Å². The van der Waals surface area contributed by atoms with Gasteiger partial charge < -0.3 is 24.1 Å². The van der Waals surface area contributed by atoms with Gasteiger partial charge in [0.1, 0.15) is 12.7 Å². The summed E-state index contributed by atoms with van der Waals surface area (Å²) in [6.07, 6.45) is -5.22. The van der Waals surface area contributed by atoms with Crippen molar-refractivity contribution < 1.29 is 38.4 Å². The Kier molecular flexibility index (Phi) is 7.31. The molecule has 34 heavy (non-hydrogen) atoms. The zero-order valence-electron chi connectivity index (χ0n) is 18.0. The summed E-state index contributed by atoms with van der Waals surface area (Å²) in [4.78, 5) is 37.6. The molecule has 1 fully saturated rings. The molecule has 8 heteroatoms. The molecule has 0 saturated carbocycles. The van der Waals surface area contributed by atoms with Crippen molar-refractivity contribution in [2.24, 2.45) is 0 Å². The second kappa shape index (κ2) is 10.7. The molecule has 0 spiro atoms. The molecule has 1 heterocycles. The molecular formula is C26H22O8. The van der Waals surface area contributed by atoms with Gasteiger partial charge in [0, 0.05) is 0 Å². The molecule has 0 aliphatic carbocycles. The molecular weight excluding hydrogens is 440 g/mol. The third-order valence-electron chi connectivity index (χ3n) is 5.18. The van der Waals surface area contributed by atoms with Crippen LogP contribution in [0.1, 0.15) is 31.1 Å². The molecule has 0 amide bonds. The van der Waals surface area contributed by atoms with E-state index in [0.717, 1.165) is 0 Å². The van der Waals surface area contributed by atoms with Crippen molar-refractivity contribution in [1.29, 1.82) is 0 Å². The van der Waals surface area contributed by atoms with Crippen LogP contribution in [0.25, 0.3) is 0 Å². The summed E-state index contributed by atoms with van der Waals surface area (Å²) in [6, 6.07) is 24.7. The maximum Gasteiger partial charge on any atom is 0.338 e. The van der Waals surface area contributed by atoms with Gasteiger partial charge in [0.15, 0.2) is 18.5 Å². The van der Waals surface area contributed by atoms with Gasteiger partial charge in [0.05, 0.1) is 16.7 Å². The lowest BCUT2D eigenvalue weighted by molar-refractivity contribution is -0.135. The van der Waals surface area contributed by atoms with Crippen molar-refractivity contribution in [2.75, 3.05) is 6.61 Å². The van der Waals surface area contributed by atoms with Crippen molar-refractivity contribution in [3.05, 3.63) is 108 Å². The second-order valence-corrected chi connectivity index (χ2v) is 7.50. The van der Waals surface area contributed by atoms with Crippen LogP contribution < -0.4 is 0 Å². The maximum atomic E-state index is 12.7. The highest BCUT2D eigenvalue weighted by Crippen LogP contribution is 2.28. The Hall–Kier alpha value is -4.01. The molecule has 1 aliphatic heterocycles. The average Bonchev–Trinajstić information content (AvgIpc) is 3.17. The van der Waals surface area contributed by atoms with E-state index in [-0.39, 0.29) is 17.7 Å². The van der Waals surface area contributed by atoms with E-state index in [1.807, 2.05) is 0 Å². The molecule has 0 aromatic heterocycles. The first-order valence-corrected chi connectivity index (χ1v) is 10.6. The summed E-state index contributed by atoms with van der Waals surface area (Å²) in [5, 5.41) is 10.5. The van der Waals surface area contributed by atoms with Gasteiger partial charge in [0.25, 0.3) is 0 Å². The number of esters is 3. The third-order valence-corrected chi connectivity index (χ3v) is 5.18. The highest BCUT2D eigenvalue weighted by Gasteiger charge is 2.50. The van der Waals surface area contributed by atoms with Crippen LogP contribution in [-0.4, -0.2) is 54.2 Å². The summed E-state index contributed by atoms with van der Waals surface area (Å²) in [5.41, 5.74) is 0.838. The first-order valence-electron chi connectivity index (χ1n) is 10.6. The summed E-state index contributed by atoms with van der Waals surface area (Å²) < 4.78 is 21.8. The Labute approximate surface area is 195 Å². The first-order chi connectivity index (χ1) is 16.5. The van der Waals surface area contributed by atoms with E-state index >= 15 is 0 Å². The summed E-state index contributed by atoms with van der Waals surface area (Å²) >= 11 is 0. The minimum Gasteiger partial charge on any atom is -0.459 e. The summed E-state index contributed by atoms with van der Waals surface area (Å²) in [7, 11) is 0. The van der Waals surface area contributed by atoms with Crippen LogP contribution in [0.3, 0.4) is 0 Å². The number of hydrogen-bond acceptors (Lipinski definition) is 8. The molecule has 3 aromatic rings. The van der Waals surface area contributed by atoms with Gasteiger partial charge in [-0.2, -0.15) is 0 Å². The van der Waals surface area contributed by atoms with Gasteiger partial charge in [-0.1, -0.05) is 54.6 Å². The molecule has 8 nitrogen and oxygen atoms in total. The monoisotopic (exact) mass is 462 g/mol. The summed E-state index contributed by atoms with van der Waals surface area (Å²) in [6.45, 7) is -0.336. The molecule has 1 aliphatic rings. The molecule has 3 aromatic carbocycles. The van der Waals surface area contributed by atoms with Gasteiger partial charge in [-0.05, 0) is 36.4 Å². The molecule has 4 atom stereocenters. The van der Waals surface area contributed by atoms with Gasteiger partial charge in [0.2, 0.25) is 0 Å². The van der Waals surface area contributed by atoms with Gasteiger partial charge in [-0.3, -0.25) is 0 Å². The topological polar surface area (TPSA) is 108 Å². The van der Waals surface area contributed by atoms with E-state index in [9.17, 15) is 19.5 Å². The molecule has 1 N–H and O–H groups in total. The normalized spacial score (nSPS) is 21.4. The Bertz CT molecular complexity index is 1120. The van der Waals surface area contributed by atoms with Gasteiger partial charge in [-0.25, -0.2) is 14.4 Å². The molecule has 1 unspecified atom stereocenters. The Morgan fingerprint density at radius 2 is 1.06 bits per heavy atom. The van der Waals surface area contributed by atoms with Crippen LogP contribution in [0.15, 0.2) is 91.0 Å². The van der Waals surface area contributed by atoms with Gasteiger partial charge in [-0.15, -0.1) is 0 Å². The second-order valence-electron chi connectivity index (χ2n) is 7.50. The minimum absolute atomic E-state index is 0.252. The number of rotatable bonds is 7. The standard InChI is InChI=1S/C26H22O8/c27-23(17-10-4-1-5-11-17)31-16-20-21(33-24(28)18-12-6-2-7-13-18)22(26(30)32-20)34-25(29)19-14-8-3-9-15-19/h1-15,20-22,26,30H,16H2/t20-,21?,22+,26-/m0/s1. The van der Waals surface area contributed by atoms with Crippen LogP contribution in [0.5, 0.6) is 0 Å². The Morgan fingerprint density at radius 1 is 0.647 bits per heavy atom. The van der Waals surface area contributed by atoms with E-state index in [1.54, 1.807) is 91.0 Å². The predicted octanol–water partition coefficient (Wildman–Crippen LogP) is 3.01. The Balaban J connectivity index is 1.51. The zero-order chi connectivity index (χ0) is 23.9. The predicted molar refractivity (Wildman–Crippen MR) is 119 cm³/mol. The molecule has 174 valence electrons. The van der Waals surface area contributed by atoms with E-state index in [4.69, 9.17) is 18.9 Å². The SMILES string of the molecule is O=C(OC[C@@H]1O[C@H](O)[C@H](OC(=O)c2ccccc2)C1OC(=O)c1ccccc1)c1ccccc1. The fourth-order valence-corrected chi connectivity index (χ4v) is 3.46. The average molecular weight is 462 g/mol. The highest BCUT2D eigenvalue weighted by atomic mass is 16.7. The number of ether oxygens (including phenoxy) is 4. The molecule has 0 bridgehead atoms. The summed E-state index contributed by atoms with van der Waals surface area (Å²) in [5.74, 6) is -2.05. The number of benzene rings is 3. The van der Waals surface area contributed by atoms with Crippen molar-refractivity contribution in [1.82, 2.24) is 0 Å². The van der Waals surface area contributed by atoms with Crippen LogP contribution in [0, 0.1) is 0 Å². The largest absolute Gasteiger partial charge is 0.459 e. The number of aliphatic hydroxyl groups excluding tert-OH is 1. The number of aliphatic hydroxyl groups is 1. The van der Waals surface area contributed by atoms with Crippen molar-refractivity contribution in [3.63, 3.8) is 0 Å². The van der Waals surface area contributed by atoms with Gasteiger partial charge >= 0.3 is 17.9 Å². The number of hydrogen-bond donors (Lipinski definition) is 1. The number of carbonyl (C=O) groups is 3. The molecule has 0 radical (unpaired) electrons. The van der Waals surface area contributed by atoms with Crippen LogP contribution in [0.2, 0.25) is 0 Å². The van der Waals surface area contributed by atoms with Crippen molar-refractivity contribution in [3.8, 4) is 0 Å². The van der Waals surface area contributed by atoms with Crippen LogP contribution in [0.4, 0.5) is 0 Å². The fourth-order valence-electron chi connectivity index (χ4n) is 3.46. The van der Waals surface area contributed by atoms with E-state index in [1.165, 1.54) is 0 Å². The lowest BCUT2D eigenvalue weighted by Crippen LogP contribution is -2.42. The maximum absolute atomic E-state index is 12.7. The molecule has 1 saturated heterocycles. The fraction of sp³-hybridized carbons (Fsp3) is 0.192.